The molecule has 2 rings (SSSR count). The lowest BCUT2D eigenvalue weighted by Crippen LogP contribution is -2.18. The van der Waals surface area contributed by atoms with Crippen LogP contribution >= 0.6 is 0 Å². The Bertz CT molecular complexity index is 363. The van der Waals surface area contributed by atoms with Crippen LogP contribution in [0, 0.1) is 0 Å². The van der Waals surface area contributed by atoms with E-state index in [1.54, 1.807) is 0 Å². The minimum Gasteiger partial charge on any atom is -0.383 e. The van der Waals surface area contributed by atoms with Gasteiger partial charge in [0.05, 0.1) is 6.04 Å². The van der Waals surface area contributed by atoms with Crippen LogP contribution < -0.4 is 10.6 Å². The summed E-state index contributed by atoms with van der Waals surface area (Å²) in [7, 11) is 2.02. The van der Waals surface area contributed by atoms with Crippen molar-refractivity contribution in [3.8, 4) is 0 Å². The van der Waals surface area contributed by atoms with Crippen molar-refractivity contribution in [1.82, 2.24) is 5.32 Å². The smallest absolute Gasteiger partial charge is 0.0513 e. The molecule has 0 saturated heterocycles. The normalized spacial score (nSPS) is 19.9. The summed E-state index contributed by atoms with van der Waals surface area (Å²) in [5.74, 6) is 0. The third-order valence-corrected chi connectivity index (χ3v) is 3.14. The van der Waals surface area contributed by atoms with E-state index in [1.807, 2.05) is 7.05 Å². The molecule has 2 N–H and O–H groups in total. The summed E-state index contributed by atoms with van der Waals surface area (Å²) in [6.07, 6.45) is 0. The predicted octanol–water partition coefficient (Wildman–Crippen LogP) is 2.67. The summed E-state index contributed by atoms with van der Waals surface area (Å²) in [6, 6.07) is 7.22. The van der Waals surface area contributed by atoms with Gasteiger partial charge in [0, 0.05) is 12.2 Å². The van der Waals surface area contributed by atoms with Crippen LogP contribution in [0.2, 0.25) is 0 Å². The first-order valence-corrected chi connectivity index (χ1v) is 5.58. The zero-order chi connectivity index (χ0) is 11.1. The van der Waals surface area contributed by atoms with E-state index < -0.39 is 0 Å². The number of hydrogen-bond donors (Lipinski definition) is 2. The molecule has 2 nitrogen and oxygen atoms in total. The predicted molar refractivity (Wildman–Crippen MR) is 65.4 cm³/mol. The van der Waals surface area contributed by atoms with Gasteiger partial charge in [-0.05, 0) is 29.7 Å². The van der Waals surface area contributed by atoms with E-state index >= 15 is 0 Å². The van der Waals surface area contributed by atoms with E-state index in [2.05, 4.69) is 49.6 Å². The highest BCUT2D eigenvalue weighted by atomic mass is 15.0. The summed E-state index contributed by atoms with van der Waals surface area (Å²) in [4.78, 5) is 0. The van der Waals surface area contributed by atoms with Gasteiger partial charge in [0.2, 0.25) is 0 Å². The van der Waals surface area contributed by atoms with E-state index in [1.165, 1.54) is 16.8 Å². The van der Waals surface area contributed by atoms with Gasteiger partial charge < -0.3 is 10.6 Å². The molecule has 1 aromatic carbocycles. The second-order valence-corrected chi connectivity index (χ2v) is 5.27. The van der Waals surface area contributed by atoms with Crippen LogP contribution in [0.4, 0.5) is 5.69 Å². The second-order valence-electron chi connectivity index (χ2n) is 5.27. The van der Waals surface area contributed by atoms with Crippen molar-refractivity contribution < 1.29 is 0 Å². The Kier molecular flexibility index (Phi) is 2.47. The molecule has 1 unspecified atom stereocenters. The fourth-order valence-corrected chi connectivity index (χ4v) is 2.06. The molecule has 82 valence electrons. The molecule has 0 radical (unpaired) electrons. The first kappa shape index (κ1) is 10.5. The molecular weight excluding hydrogens is 184 g/mol. The summed E-state index contributed by atoms with van der Waals surface area (Å²) in [6.45, 7) is 7.77. The van der Waals surface area contributed by atoms with Crippen molar-refractivity contribution in [2.75, 3.05) is 18.9 Å². The van der Waals surface area contributed by atoms with Crippen molar-refractivity contribution in [1.29, 1.82) is 0 Å². The zero-order valence-corrected chi connectivity index (χ0v) is 10.0. The largest absolute Gasteiger partial charge is 0.383 e. The van der Waals surface area contributed by atoms with E-state index in [4.69, 9.17) is 0 Å². The van der Waals surface area contributed by atoms with Crippen LogP contribution in [0.5, 0.6) is 0 Å². The van der Waals surface area contributed by atoms with Gasteiger partial charge in [0.1, 0.15) is 0 Å². The topological polar surface area (TPSA) is 24.1 Å². The fourth-order valence-electron chi connectivity index (χ4n) is 2.06. The zero-order valence-electron chi connectivity index (χ0n) is 10.0. The molecule has 0 saturated carbocycles. The maximum atomic E-state index is 3.42. The van der Waals surface area contributed by atoms with E-state index in [0.29, 0.717) is 6.04 Å². The van der Waals surface area contributed by atoms with Crippen LogP contribution in [0.3, 0.4) is 0 Å². The second kappa shape index (κ2) is 3.53. The maximum Gasteiger partial charge on any atom is 0.0513 e. The molecule has 1 aliphatic heterocycles. The molecule has 0 fully saturated rings. The first-order valence-electron chi connectivity index (χ1n) is 5.58. The Morgan fingerprint density at radius 3 is 2.67 bits per heavy atom. The summed E-state index contributed by atoms with van der Waals surface area (Å²) < 4.78 is 0. The van der Waals surface area contributed by atoms with Gasteiger partial charge in [-0.15, -0.1) is 0 Å². The van der Waals surface area contributed by atoms with Crippen molar-refractivity contribution >= 4 is 5.69 Å². The van der Waals surface area contributed by atoms with Gasteiger partial charge >= 0.3 is 0 Å². The van der Waals surface area contributed by atoms with Gasteiger partial charge in [-0.1, -0.05) is 32.9 Å². The molecule has 0 amide bonds. The van der Waals surface area contributed by atoms with Gasteiger partial charge in [-0.2, -0.15) is 0 Å². The van der Waals surface area contributed by atoms with Gasteiger partial charge in [0.25, 0.3) is 0 Å². The lowest BCUT2D eigenvalue weighted by atomic mass is 9.85. The molecule has 1 aliphatic rings. The average molecular weight is 204 g/mol. The number of likely N-dealkylation sites (N-methyl/N-ethyl adjacent to an activating group) is 1. The van der Waals surface area contributed by atoms with Crippen molar-refractivity contribution in [3.05, 3.63) is 29.3 Å². The van der Waals surface area contributed by atoms with Crippen LogP contribution in [0.15, 0.2) is 18.2 Å². The minimum atomic E-state index is 0.232. The number of benzene rings is 1. The SMILES string of the molecule is CNC1CNc2ccc(C(C)(C)C)cc21. The molecule has 15 heavy (non-hydrogen) atoms. The molecule has 0 aromatic heterocycles. The molecule has 1 aromatic rings. The first-order chi connectivity index (χ1) is 7.02. The Morgan fingerprint density at radius 1 is 1.33 bits per heavy atom. The van der Waals surface area contributed by atoms with Crippen LogP contribution in [-0.2, 0) is 5.41 Å². The quantitative estimate of drug-likeness (QED) is 0.735. The Hall–Kier alpha value is -1.02. The van der Waals surface area contributed by atoms with Crippen LogP contribution in [0.1, 0.15) is 37.9 Å². The maximum absolute atomic E-state index is 3.42. The highest BCUT2D eigenvalue weighted by Crippen LogP contribution is 2.33. The molecular formula is C13H20N2. The highest BCUT2D eigenvalue weighted by molar-refractivity contribution is 5.59. The number of anilines is 1. The molecule has 0 aliphatic carbocycles. The number of rotatable bonds is 1. The fraction of sp³-hybridized carbons (Fsp3) is 0.538. The van der Waals surface area contributed by atoms with Crippen molar-refractivity contribution in [3.63, 3.8) is 0 Å². The van der Waals surface area contributed by atoms with Crippen molar-refractivity contribution in [2.45, 2.75) is 32.2 Å². The molecule has 1 atom stereocenters. The summed E-state index contributed by atoms with van der Waals surface area (Å²) >= 11 is 0. The number of hydrogen-bond acceptors (Lipinski definition) is 2. The molecule has 0 spiro atoms. The van der Waals surface area contributed by atoms with Crippen molar-refractivity contribution in [2.24, 2.45) is 0 Å². The third-order valence-electron chi connectivity index (χ3n) is 3.14. The lowest BCUT2D eigenvalue weighted by Gasteiger charge is -2.20. The lowest BCUT2D eigenvalue weighted by molar-refractivity contribution is 0.586. The summed E-state index contributed by atoms with van der Waals surface area (Å²) in [5, 5.41) is 6.75. The standard InChI is InChI=1S/C13H20N2/c1-13(2,3)9-5-6-11-10(7-9)12(14-4)8-15-11/h5-7,12,14-15H,8H2,1-4H3. The van der Waals surface area contributed by atoms with Gasteiger partial charge in [0.15, 0.2) is 0 Å². The average Bonchev–Trinajstić information content (AvgIpc) is 2.57. The Morgan fingerprint density at radius 2 is 2.07 bits per heavy atom. The van der Waals surface area contributed by atoms with Crippen LogP contribution in [-0.4, -0.2) is 13.6 Å². The molecule has 1 heterocycles. The minimum absolute atomic E-state index is 0.232. The number of fused-ring (bicyclic) bond motifs is 1. The van der Waals surface area contributed by atoms with Gasteiger partial charge in [-0.25, -0.2) is 0 Å². The molecule has 2 heteroatoms. The highest BCUT2D eigenvalue weighted by Gasteiger charge is 2.23. The Balaban J connectivity index is 2.41. The molecule has 0 bridgehead atoms. The Labute approximate surface area is 92.1 Å². The number of nitrogens with one attached hydrogen (secondary N) is 2. The third kappa shape index (κ3) is 1.86. The van der Waals surface area contributed by atoms with E-state index in [9.17, 15) is 0 Å². The monoisotopic (exact) mass is 204 g/mol. The van der Waals surface area contributed by atoms with E-state index in [0.717, 1.165) is 6.54 Å². The summed E-state index contributed by atoms with van der Waals surface area (Å²) in [5.41, 5.74) is 4.33. The van der Waals surface area contributed by atoms with Crippen LogP contribution in [0.25, 0.3) is 0 Å². The van der Waals surface area contributed by atoms with E-state index in [-0.39, 0.29) is 5.41 Å². The van der Waals surface area contributed by atoms with Gasteiger partial charge in [-0.3, -0.25) is 0 Å².